The minimum atomic E-state index is -4.54. The summed E-state index contributed by atoms with van der Waals surface area (Å²) in [6.07, 6.45) is 0.139. The second kappa shape index (κ2) is 10.6. The zero-order valence-electron chi connectivity index (χ0n) is 19.6. The van der Waals surface area contributed by atoms with Gasteiger partial charge in [0.15, 0.2) is 11.5 Å². The number of aliphatic hydroxyl groups excluding tert-OH is 1. The van der Waals surface area contributed by atoms with Crippen molar-refractivity contribution in [3.63, 3.8) is 0 Å². The largest absolute Gasteiger partial charge is 0.433 e. The standard InChI is InChI=1S/C25H26F4N4O2S/c1-15-8-17(11-18(9-15)31-13-22-30-7-4-21(33-22)25(27,28)29)20-12-32-23(36-20)24(26)5-2-16(3-6-24)10-19(35)14-34/h4,7-9,11-12,16,31,34H,2-3,5-6,10,13-14H2,1H3. The van der Waals surface area contributed by atoms with Gasteiger partial charge in [0, 0.05) is 24.5 Å². The molecule has 0 unspecified atom stereocenters. The Morgan fingerprint density at radius 2 is 1.97 bits per heavy atom. The van der Waals surface area contributed by atoms with E-state index in [9.17, 15) is 18.0 Å². The van der Waals surface area contributed by atoms with Gasteiger partial charge in [-0.15, -0.1) is 11.3 Å². The van der Waals surface area contributed by atoms with Crippen molar-refractivity contribution >= 4 is 22.8 Å². The number of carbonyl (C=O) groups excluding carboxylic acids is 1. The van der Waals surface area contributed by atoms with E-state index in [2.05, 4.69) is 20.3 Å². The molecular formula is C25H26F4N4O2S. The Kier molecular flexibility index (Phi) is 7.70. The van der Waals surface area contributed by atoms with Crippen molar-refractivity contribution in [2.45, 2.75) is 57.4 Å². The summed E-state index contributed by atoms with van der Waals surface area (Å²) < 4.78 is 54.4. The van der Waals surface area contributed by atoms with Gasteiger partial charge in [-0.3, -0.25) is 4.79 Å². The van der Waals surface area contributed by atoms with Gasteiger partial charge in [-0.2, -0.15) is 13.2 Å². The summed E-state index contributed by atoms with van der Waals surface area (Å²) in [5.74, 6) is -0.117. The molecule has 2 aromatic heterocycles. The molecule has 0 amide bonds. The quantitative estimate of drug-likeness (QED) is 0.361. The minimum Gasteiger partial charge on any atom is -0.389 e. The lowest BCUT2D eigenvalue weighted by Crippen LogP contribution is -2.28. The summed E-state index contributed by atoms with van der Waals surface area (Å²) in [5.41, 5.74) is -0.139. The minimum absolute atomic E-state index is 0.00823. The summed E-state index contributed by atoms with van der Waals surface area (Å²) in [4.78, 5) is 24.1. The highest BCUT2D eigenvalue weighted by atomic mass is 32.1. The SMILES string of the molecule is Cc1cc(NCc2nccc(C(F)(F)F)n2)cc(-c2cnc(C3(F)CCC(CC(=O)CO)CC3)s2)c1. The van der Waals surface area contributed by atoms with Gasteiger partial charge >= 0.3 is 6.18 Å². The fourth-order valence-corrected chi connectivity index (χ4v) is 5.45. The van der Waals surface area contributed by atoms with E-state index in [-0.39, 0.29) is 43.3 Å². The molecule has 11 heteroatoms. The van der Waals surface area contributed by atoms with E-state index >= 15 is 4.39 Å². The fourth-order valence-electron chi connectivity index (χ4n) is 4.41. The third-order valence-corrected chi connectivity index (χ3v) is 7.51. The summed E-state index contributed by atoms with van der Waals surface area (Å²) in [5, 5.41) is 12.4. The van der Waals surface area contributed by atoms with Gasteiger partial charge in [0.05, 0.1) is 11.4 Å². The number of aliphatic hydroxyl groups is 1. The lowest BCUT2D eigenvalue weighted by Gasteiger charge is -2.32. The van der Waals surface area contributed by atoms with E-state index in [0.29, 0.717) is 23.5 Å². The van der Waals surface area contributed by atoms with Gasteiger partial charge in [0.25, 0.3) is 0 Å². The van der Waals surface area contributed by atoms with Crippen LogP contribution in [0.2, 0.25) is 0 Å². The maximum absolute atomic E-state index is 15.7. The number of carbonyl (C=O) groups is 1. The Morgan fingerprint density at radius 3 is 2.67 bits per heavy atom. The number of benzene rings is 1. The average Bonchev–Trinajstić information content (AvgIpc) is 3.35. The van der Waals surface area contributed by atoms with Gasteiger partial charge in [0.2, 0.25) is 0 Å². The molecule has 0 bridgehead atoms. The Hall–Kier alpha value is -2.92. The lowest BCUT2D eigenvalue weighted by molar-refractivity contribution is -0.141. The van der Waals surface area contributed by atoms with E-state index < -0.39 is 24.1 Å². The van der Waals surface area contributed by atoms with E-state index in [1.165, 1.54) is 11.3 Å². The second-order valence-corrected chi connectivity index (χ2v) is 10.2. The number of thiazole rings is 1. The molecule has 4 rings (SSSR count). The molecule has 0 atom stereocenters. The number of alkyl halides is 4. The van der Waals surface area contributed by atoms with Crippen LogP contribution in [0.25, 0.3) is 10.4 Å². The Balaban J connectivity index is 1.45. The first-order chi connectivity index (χ1) is 17.1. The Morgan fingerprint density at radius 1 is 1.22 bits per heavy atom. The molecule has 0 aliphatic heterocycles. The smallest absolute Gasteiger partial charge is 0.389 e. The molecular weight excluding hydrogens is 496 g/mol. The number of nitrogens with zero attached hydrogens (tertiary/aromatic N) is 3. The zero-order valence-corrected chi connectivity index (χ0v) is 20.4. The number of hydrogen-bond acceptors (Lipinski definition) is 7. The zero-order chi connectivity index (χ0) is 25.9. The van der Waals surface area contributed by atoms with Crippen LogP contribution in [0.4, 0.5) is 23.2 Å². The molecule has 2 N–H and O–H groups in total. The predicted molar refractivity (Wildman–Crippen MR) is 128 cm³/mol. The van der Waals surface area contributed by atoms with Crippen LogP contribution >= 0.6 is 11.3 Å². The molecule has 0 saturated heterocycles. The van der Waals surface area contributed by atoms with Crippen LogP contribution in [-0.2, 0) is 23.2 Å². The molecule has 1 fully saturated rings. The van der Waals surface area contributed by atoms with Crippen molar-refractivity contribution in [1.82, 2.24) is 15.0 Å². The molecule has 2 heterocycles. The Bertz CT molecular complexity index is 1220. The highest BCUT2D eigenvalue weighted by Gasteiger charge is 2.40. The molecule has 192 valence electrons. The van der Waals surface area contributed by atoms with Crippen molar-refractivity contribution in [3.05, 3.63) is 58.7 Å². The first kappa shape index (κ1) is 26.2. The van der Waals surface area contributed by atoms with Crippen LogP contribution < -0.4 is 5.32 Å². The van der Waals surface area contributed by atoms with Crippen molar-refractivity contribution in [1.29, 1.82) is 0 Å². The molecule has 1 aliphatic rings. The van der Waals surface area contributed by atoms with Gasteiger partial charge in [-0.05, 0) is 67.9 Å². The summed E-state index contributed by atoms with van der Waals surface area (Å²) in [6, 6.07) is 6.45. The molecule has 0 radical (unpaired) electrons. The monoisotopic (exact) mass is 522 g/mol. The van der Waals surface area contributed by atoms with Gasteiger partial charge in [0.1, 0.15) is 23.1 Å². The van der Waals surface area contributed by atoms with Crippen molar-refractivity contribution < 1.29 is 27.5 Å². The summed E-state index contributed by atoms with van der Waals surface area (Å²) >= 11 is 1.28. The fraction of sp³-hybridized carbons (Fsp3) is 0.440. The van der Waals surface area contributed by atoms with Crippen molar-refractivity contribution in [2.24, 2.45) is 5.92 Å². The van der Waals surface area contributed by atoms with E-state index in [1.807, 2.05) is 25.1 Å². The number of rotatable bonds is 8. The highest BCUT2D eigenvalue weighted by Crippen LogP contribution is 2.46. The maximum atomic E-state index is 15.7. The number of Topliss-reactive ketones (excluding diaryl/α,β-unsaturated/α-hetero) is 1. The molecule has 1 aromatic carbocycles. The third kappa shape index (κ3) is 6.25. The van der Waals surface area contributed by atoms with Crippen LogP contribution in [0.15, 0.2) is 36.7 Å². The number of aryl methyl sites for hydroxylation is 1. The highest BCUT2D eigenvalue weighted by molar-refractivity contribution is 7.15. The average molecular weight is 523 g/mol. The van der Waals surface area contributed by atoms with Crippen LogP contribution in [0.5, 0.6) is 0 Å². The molecule has 6 nitrogen and oxygen atoms in total. The van der Waals surface area contributed by atoms with Crippen LogP contribution in [0.3, 0.4) is 0 Å². The third-order valence-electron chi connectivity index (χ3n) is 6.29. The lowest BCUT2D eigenvalue weighted by atomic mass is 9.78. The van der Waals surface area contributed by atoms with Crippen LogP contribution in [-0.4, -0.2) is 32.4 Å². The van der Waals surface area contributed by atoms with Crippen molar-refractivity contribution in [2.75, 3.05) is 11.9 Å². The predicted octanol–water partition coefficient (Wildman–Crippen LogP) is 5.85. The first-order valence-electron chi connectivity index (χ1n) is 11.6. The second-order valence-electron chi connectivity index (χ2n) is 9.14. The number of ketones is 1. The van der Waals surface area contributed by atoms with Crippen molar-refractivity contribution in [3.8, 4) is 10.4 Å². The topological polar surface area (TPSA) is 88.0 Å². The van der Waals surface area contributed by atoms with Gasteiger partial charge in [-0.25, -0.2) is 19.3 Å². The number of halogens is 4. The summed E-state index contributed by atoms with van der Waals surface area (Å²) in [6.45, 7) is 1.42. The normalized spacial score (nSPS) is 20.3. The number of aromatic nitrogens is 3. The van der Waals surface area contributed by atoms with E-state index in [0.717, 1.165) is 28.3 Å². The van der Waals surface area contributed by atoms with Gasteiger partial charge < -0.3 is 10.4 Å². The molecule has 0 spiro atoms. The maximum Gasteiger partial charge on any atom is 0.433 e. The molecule has 1 saturated carbocycles. The molecule has 36 heavy (non-hydrogen) atoms. The summed E-state index contributed by atoms with van der Waals surface area (Å²) in [7, 11) is 0. The molecule has 1 aliphatic carbocycles. The van der Waals surface area contributed by atoms with Crippen LogP contribution in [0.1, 0.15) is 54.2 Å². The van der Waals surface area contributed by atoms with Crippen LogP contribution in [0, 0.1) is 12.8 Å². The number of nitrogens with one attached hydrogen (secondary N) is 1. The molecule has 3 aromatic rings. The van der Waals surface area contributed by atoms with Gasteiger partial charge in [-0.1, -0.05) is 6.07 Å². The first-order valence-corrected chi connectivity index (χ1v) is 12.4. The van der Waals surface area contributed by atoms with E-state index in [1.54, 1.807) is 6.20 Å². The number of anilines is 1. The van der Waals surface area contributed by atoms with E-state index in [4.69, 9.17) is 5.11 Å². The number of hydrogen-bond donors (Lipinski definition) is 2. The Labute approximate surface area is 209 Å².